The summed E-state index contributed by atoms with van der Waals surface area (Å²) < 4.78 is 5.13. The van der Waals surface area contributed by atoms with Gasteiger partial charge in [0.25, 0.3) is 0 Å². The zero-order valence-corrected chi connectivity index (χ0v) is 7.45. The first kappa shape index (κ1) is 7.87. The van der Waals surface area contributed by atoms with Crippen LogP contribution in [0.4, 0.5) is 0 Å². The molecule has 2 aliphatic rings. The lowest BCUT2D eigenvalue weighted by Crippen LogP contribution is -2.31. The second-order valence-corrected chi connectivity index (χ2v) is 3.70. The smallest absolute Gasteiger partial charge is 0.203 e. The highest BCUT2D eigenvalue weighted by atomic mass is 16.6. The Bertz CT molecular complexity index is 253. The largest absolute Gasteiger partial charge is 0.472 e. The summed E-state index contributed by atoms with van der Waals surface area (Å²) >= 11 is 0. The van der Waals surface area contributed by atoms with E-state index < -0.39 is 6.29 Å². The number of ether oxygens (including phenoxy) is 1. The lowest BCUT2D eigenvalue weighted by atomic mass is 9.85. The lowest BCUT2D eigenvalue weighted by Gasteiger charge is -2.31. The third kappa shape index (κ3) is 0.985. The van der Waals surface area contributed by atoms with Crippen molar-refractivity contribution in [2.75, 3.05) is 0 Å². The Morgan fingerprint density at radius 1 is 1.42 bits per heavy atom. The van der Waals surface area contributed by atoms with Gasteiger partial charge in [-0.2, -0.15) is 0 Å². The summed E-state index contributed by atoms with van der Waals surface area (Å²) in [6.45, 7) is 4.13. The summed E-state index contributed by atoms with van der Waals surface area (Å²) in [6.07, 6.45) is 4.32. The highest BCUT2D eigenvalue weighted by molar-refractivity contribution is 5.23. The van der Waals surface area contributed by atoms with Crippen molar-refractivity contribution in [1.29, 1.82) is 0 Å². The van der Waals surface area contributed by atoms with Crippen molar-refractivity contribution in [2.45, 2.75) is 26.6 Å². The van der Waals surface area contributed by atoms with Crippen molar-refractivity contribution in [3.8, 4) is 0 Å². The fourth-order valence-electron chi connectivity index (χ4n) is 2.15. The first-order valence-electron chi connectivity index (χ1n) is 4.37. The lowest BCUT2D eigenvalue weighted by molar-refractivity contribution is -0.102. The van der Waals surface area contributed by atoms with Crippen LogP contribution in [-0.4, -0.2) is 11.4 Å². The van der Waals surface area contributed by atoms with Crippen LogP contribution in [0.3, 0.4) is 0 Å². The minimum atomic E-state index is -0.627. The van der Waals surface area contributed by atoms with Crippen LogP contribution in [0.15, 0.2) is 23.5 Å². The van der Waals surface area contributed by atoms with Gasteiger partial charge in [0, 0.05) is 5.92 Å². The quantitative estimate of drug-likeness (QED) is 0.556. The van der Waals surface area contributed by atoms with E-state index in [0.29, 0.717) is 5.92 Å². The van der Waals surface area contributed by atoms with Gasteiger partial charge in [0.1, 0.15) is 0 Å². The molecule has 0 fully saturated rings. The molecule has 0 spiro atoms. The third-order valence-corrected chi connectivity index (χ3v) is 2.94. The Morgan fingerprint density at radius 2 is 2.17 bits per heavy atom. The molecule has 0 aromatic rings. The van der Waals surface area contributed by atoms with Crippen LogP contribution >= 0.6 is 0 Å². The molecule has 2 rings (SSSR count). The second-order valence-electron chi connectivity index (χ2n) is 3.70. The van der Waals surface area contributed by atoms with Crippen LogP contribution in [0.1, 0.15) is 20.3 Å². The number of rotatable bonds is 0. The minimum Gasteiger partial charge on any atom is -0.472 e. The zero-order valence-electron chi connectivity index (χ0n) is 7.45. The van der Waals surface area contributed by atoms with Gasteiger partial charge >= 0.3 is 0 Å². The molecule has 0 aromatic heterocycles. The van der Waals surface area contributed by atoms with Gasteiger partial charge in [-0.3, -0.25) is 0 Å². The first-order valence-corrected chi connectivity index (χ1v) is 4.37. The molecule has 66 valence electrons. The number of aliphatic hydroxyl groups excluding tert-OH is 1. The van der Waals surface area contributed by atoms with E-state index in [0.717, 1.165) is 6.42 Å². The van der Waals surface area contributed by atoms with Crippen molar-refractivity contribution >= 4 is 0 Å². The number of hydrogen-bond donors (Lipinski definition) is 1. The SMILES string of the molecule is CC1=CC[C@H]2C(C)=CO[C@H](O)[C@@H]12. The molecule has 0 radical (unpaired) electrons. The highest BCUT2D eigenvalue weighted by Gasteiger charge is 2.37. The van der Waals surface area contributed by atoms with E-state index >= 15 is 0 Å². The van der Waals surface area contributed by atoms with Gasteiger partial charge in [-0.25, -0.2) is 0 Å². The molecule has 0 unspecified atom stereocenters. The van der Waals surface area contributed by atoms with E-state index in [2.05, 4.69) is 19.9 Å². The first-order chi connectivity index (χ1) is 5.70. The van der Waals surface area contributed by atoms with E-state index in [-0.39, 0.29) is 5.92 Å². The molecule has 0 amide bonds. The van der Waals surface area contributed by atoms with Crippen molar-refractivity contribution in [1.82, 2.24) is 0 Å². The van der Waals surface area contributed by atoms with Crippen LogP contribution < -0.4 is 0 Å². The summed E-state index contributed by atoms with van der Waals surface area (Å²) in [7, 11) is 0. The summed E-state index contributed by atoms with van der Waals surface area (Å²) in [5.41, 5.74) is 2.51. The molecule has 0 saturated carbocycles. The maximum Gasteiger partial charge on any atom is 0.203 e. The Morgan fingerprint density at radius 3 is 2.83 bits per heavy atom. The standard InChI is InChI=1S/C10H14O2/c1-6-3-4-8-7(2)5-12-10(11)9(6)8/h3,5,8-11H,4H2,1-2H3/t8-,9-,10-/m0/s1. The molecule has 2 nitrogen and oxygen atoms in total. The summed E-state index contributed by atoms with van der Waals surface area (Å²) in [5.74, 6) is 0.684. The number of aliphatic hydroxyl groups is 1. The monoisotopic (exact) mass is 166 g/mol. The molecule has 0 bridgehead atoms. The molecule has 0 aromatic carbocycles. The van der Waals surface area contributed by atoms with Crippen LogP contribution in [0.25, 0.3) is 0 Å². The fraction of sp³-hybridized carbons (Fsp3) is 0.600. The summed E-state index contributed by atoms with van der Waals surface area (Å²) in [5, 5.41) is 9.56. The summed E-state index contributed by atoms with van der Waals surface area (Å²) in [4.78, 5) is 0. The van der Waals surface area contributed by atoms with E-state index in [1.807, 2.05) is 0 Å². The average Bonchev–Trinajstić information content (AvgIpc) is 2.42. The van der Waals surface area contributed by atoms with Gasteiger partial charge in [0.05, 0.1) is 6.26 Å². The van der Waals surface area contributed by atoms with Gasteiger partial charge in [0.15, 0.2) is 0 Å². The molecule has 3 atom stereocenters. The van der Waals surface area contributed by atoms with Crippen molar-refractivity contribution in [2.24, 2.45) is 11.8 Å². The molecule has 12 heavy (non-hydrogen) atoms. The van der Waals surface area contributed by atoms with Gasteiger partial charge < -0.3 is 9.84 Å². The minimum absolute atomic E-state index is 0.204. The molecule has 1 N–H and O–H groups in total. The van der Waals surface area contributed by atoms with Crippen molar-refractivity contribution in [3.05, 3.63) is 23.5 Å². The predicted molar refractivity (Wildman–Crippen MR) is 46.2 cm³/mol. The number of allylic oxidation sites excluding steroid dienone is 2. The zero-order chi connectivity index (χ0) is 8.72. The molecule has 1 heterocycles. The maximum absolute atomic E-state index is 9.56. The third-order valence-electron chi connectivity index (χ3n) is 2.94. The second kappa shape index (κ2) is 2.63. The highest BCUT2D eigenvalue weighted by Crippen LogP contribution is 2.41. The van der Waals surface area contributed by atoms with Crippen LogP contribution in [0.2, 0.25) is 0 Å². The molecular weight excluding hydrogens is 152 g/mol. The maximum atomic E-state index is 9.56. The van der Waals surface area contributed by atoms with Crippen LogP contribution in [0, 0.1) is 11.8 Å². The van der Waals surface area contributed by atoms with Crippen molar-refractivity contribution < 1.29 is 9.84 Å². The average molecular weight is 166 g/mol. The topological polar surface area (TPSA) is 29.5 Å². The van der Waals surface area contributed by atoms with Crippen molar-refractivity contribution in [3.63, 3.8) is 0 Å². The van der Waals surface area contributed by atoms with Gasteiger partial charge in [-0.1, -0.05) is 11.6 Å². The molecule has 1 aliphatic heterocycles. The van der Waals surface area contributed by atoms with E-state index in [1.54, 1.807) is 6.26 Å². The Labute approximate surface area is 72.5 Å². The van der Waals surface area contributed by atoms with Gasteiger partial charge in [0.2, 0.25) is 6.29 Å². The van der Waals surface area contributed by atoms with Gasteiger partial charge in [-0.05, 0) is 31.8 Å². The fourth-order valence-corrected chi connectivity index (χ4v) is 2.15. The molecule has 2 heteroatoms. The van der Waals surface area contributed by atoms with Crippen LogP contribution in [0.5, 0.6) is 0 Å². The van der Waals surface area contributed by atoms with E-state index in [1.165, 1.54) is 11.1 Å². The Kier molecular flexibility index (Phi) is 1.72. The van der Waals surface area contributed by atoms with Gasteiger partial charge in [-0.15, -0.1) is 0 Å². The Balaban J connectivity index is 2.29. The van der Waals surface area contributed by atoms with Crippen LogP contribution in [-0.2, 0) is 4.74 Å². The number of hydrogen-bond acceptors (Lipinski definition) is 2. The predicted octanol–water partition coefficient (Wildman–Crippen LogP) is 1.82. The Hall–Kier alpha value is -0.760. The number of fused-ring (bicyclic) bond motifs is 1. The summed E-state index contributed by atoms with van der Waals surface area (Å²) in [6, 6.07) is 0. The molecular formula is C10H14O2. The normalized spacial score (nSPS) is 39.8. The molecule has 1 aliphatic carbocycles. The van der Waals surface area contributed by atoms with E-state index in [4.69, 9.17) is 4.74 Å². The molecule has 0 saturated heterocycles. The van der Waals surface area contributed by atoms with E-state index in [9.17, 15) is 5.11 Å².